The van der Waals surface area contributed by atoms with Crippen LogP contribution in [0.25, 0.3) is 0 Å². The molecule has 0 saturated carbocycles. The fourth-order valence-corrected chi connectivity index (χ4v) is 3.48. The minimum absolute atomic E-state index is 0.159. The molecule has 1 aliphatic heterocycles. The van der Waals surface area contributed by atoms with E-state index in [0.29, 0.717) is 43.7 Å². The molecule has 0 atom stereocenters. The van der Waals surface area contributed by atoms with Crippen LogP contribution in [0.15, 0.2) is 23.3 Å². The maximum Gasteiger partial charge on any atom is 0.332 e. The summed E-state index contributed by atoms with van der Waals surface area (Å²) in [5.74, 6) is 0.293. The van der Waals surface area contributed by atoms with Gasteiger partial charge in [0.15, 0.2) is 0 Å². The number of ether oxygens (including phenoxy) is 2. The first-order valence-electron chi connectivity index (χ1n) is 8.03. The minimum Gasteiger partial charge on any atom is -0.497 e. The van der Waals surface area contributed by atoms with Gasteiger partial charge in [-0.2, -0.15) is 0 Å². The first kappa shape index (κ1) is 16.4. The zero-order valence-corrected chi connectivity index (χ0v) is 13.9. The second-order valence-corrected chi connectivity index (χ2v) is 6.06. The van der Waals surface area contributed by atoms with Crippen molar-refractivity contribution in [3.63, 3.8) is 0 Å². The van der Waals surface area contributed by atoms with Crippen LogP contribution in [0, 0.1) is 0 Å². The third-order valence-electron chi connectivity index (χ3n) is 4.75. The molecule has 0 spiro atoms. The third kappa shape index (κ3) is 2.84. The molecule has 2 aliphatic rings. The molecule has 0 aromatic heterocycles. The Morgan fingerprint density at radius 3 is 2.50 bits per heavy atom. The van der Waals surface area contributed by atoms with E-state index in [1.54, 1.807) is 19.1 Å². The van der Waals surface area contributed by atoms with Crippen molar-refractivity contribution in [2.75, 3.05) is 20.8 Å². The lowest BCUT2D eigenvalue weighted by Crippen LogP contribution is -2.37. The Morgan fingerprint density at radius 2 is 1.83 bits per heavy atom. The second kappa shape index (κ2) is 6.55. The summed E-state index contributed by atoms with van der Waals surface area (Å²) in [4.78, 5) is 25.8. The summed E-state index contributed by atoms with van der Waals surface area (Å²) in [7, 11) is 3.21. The van der Waals surface area contributed by atoms with Crippen molar-refractivity contribution < 1.29 is 24.2 Å². The summed E-state index contributed by atoms with van der Waals surface area (Å²) >= 11 is 0. The lowest BCUT2D eigenvalue weighted by atomic mass is 9.97. The fourth-order valence-electron chi connectivity index (χ4n) is 3.48. The van der Waals surface area contributed by atoms with Crippen LogP contribution >= 0.6 is 0 Å². The third-order valence-corrected chi connectivity index (χ3v) is 4.75. The van der Waals surface area contributed by atoms with Gasteiger partial charge in [-0.1, -0.05) is 0 Å². The van der Waals surface area contributed by atoms with Gasteiger partial charge in [0.05, 0.1) is 14.2 Å². The number of nitrogens with zero attached hydrogens (tertiary/aromatic N) is 1. The zero-order valence-electron chi connectivity index (χ0n) is 13.9. The quantitative estimate of drug-likeness (QED) is 0.915. The van der Waals surface area contributed by atoms with Crippen molar-refractivity contribution in [2.24, 2.45) is 0 Å². The number of fused-ring (bicyclic) bond motifs is 1. The second-order valence-electron chi connectivity index (χ2n) is 6.06. The molecule has 1 aromatic rings. The average molecular weight is 331 g/mol. The Labute approximate surface area is 140 Å². The first-order valence-corrected chi connectivity index (χ1v) is 8.03. The van der Waals surface area contributed by atoms with E-state index in [1.165, 1.54) is 0 Å². The highest BCUT2D eigenvalue weighted by Gasteiger charge is 2.31. The van der Waals surface area contributed by atoms with Gasteiger partial charge in [0.1, 0.15) is 11.5 Å². The fraction of sp³-hybridized carbons (Fsp3) is 0.444. The number of methoxy groups -OCH3 is 2. The molecule has 0 fully saturated rings. The molecule has 1 amide bonds. The number of benzene rings is 1. The van der Waals surface area contributed by atoms with Crippen LogP contribution in [-0.4, -0.2) is 42.6 Å². The van der Waals surface area contributed by atoms with Gasteiger partial charge in [-0.25, -0.2) is 4.79 Å². The Bertz CT molecular complexity index is 705. The van der Waals surface area contributed by atoms with E-state index in [2.05, 4.69) is 0 Å². The number of carbonyl (C=O) groups excluding carboxylic acids is 1. The van der Waals surface area contributed by atoms with E-state index < -0.39 is 5.97 Å². The van der Waals surface area contributed by atoms with E-state index >= 15 is 0 Å². The predicted molar refractivity (Wildman–Crippen MR) is 87.2 cm³/mol. The highest BCUT2D eigenvalue weighted by Crippen LogP contribution is 2.35. The Hall–Kier alpha value is -2.50. The number of carboxylic acids is 1. The molecule has 6 heteroatoms. The molecule has 1 aliphatic carbocycles. The van der Waals surface area contributed by atoms with Crippen LogP contribution in [0.3, 0.4) is 0 Å². The molecular formula is C18H21NO5. The van der Waals surface area contributed by atoms with Crippen molar-refractivity contribution >= 4 is 11.9 Å². The van der Waals surface area contributed by atoms with Crippen LogP contribution < -0.4 is 9.47 Å². The molecular weight excluding hydrogens is 310 g/mol. The number of aliphatic carboxylic acids is 1. The van der Waals surface area contributed by atoms with E-state index in [-0.39, 0.29) is 11.5 Å². The van der Waals surface area contributed by atoms with Crippen molar-refractivity contribution in [2.45, 2.75) is 32.2 Å². The molecule has 1 aromatic carbocycles. The summed E-state index contributed by atoms with van der Waals surface area (Å²) in [5.41, 5.74) is 2.80. The van der Waals surface area contributed by atoms with Crippen molar-refractivity contribution in [3.8, 4) is 11.5 Å². The van der Waals surface area contributed by atoms with E-state index in [9.17, 15) is 14.7 Å². The summed E-state index contributed by atoms with van der Waals surface area (Å²) in [6.45, 7) is 0.996. The smallest absolute Gasteiger partial charge is 0.332 e. The largest absolute Gasteiger partial charge is 0.497 e. The Balaban J connectivity index is 1.89. The van der Waals surface area contributed by atoms with Gasteiger partial charge in [0.25, 0.3) is 5.91 Å². The number of amides is 1. The maximum absolute atomic E-state index is 12.8. The zero-order chi connectivity index (χ0) is 17.3. The summed E-state index contributed by atoms with van der Waals surface area (Å²) in [6, 6.07) is 3.78. The number of carbonyl (C=O) groups is 2. The monoisotopic (exact) mass is 331 g/mol. The number of hydrogen-bond acceptors (Lipinski definition) is 4. The van der Waals surface area contributed by atoms with Gasteiger partial charge in [0.2, 0.25) is 0 Å². The Morgan fingerprint density at radius 1 is 1.08 bits per heavy atom. The molecule has 0 bridgehead atoms. The van der Waals surface area contributed by atoms with Crippen LogP contribution in [0.1, 0.15) is 30.4 Å². The highest BCUT2D eigenvalue weighted by atomic mass is 16.5. The SMILES string of the molecule is COc1cc2c(c(OC)c1)CN(C(=O)C1=C(C(=O)O)CCC1)CC2. The molecule has 0 saturated heterocycles. The minimum atomic E-state index is -0.976. The molecule has 128 valence electrons. The lowest BCUT2D eigenvalue weighted by molar-refractivity contribution is -0.134. The summed E-state index contributed by atoms with van der Waals surface area (Å²) in [5, 5.41) is 9.27. The van der Waals surface area contributed by atoms with Crippen LogP contribution in [-0.2, 0) is 22.6 Å². The lowest BCUT2D eigenvalue weighted by Gasteiger charge is -2.31. The van der Waals surface area contributed by atoms with Gasteiger partial charge in [-0.05, 0) is 37.3 Å². The molecule has 1 N–H and O–H groups in total. The standard InChI is InChI=1S/C18H21NO5/c1-23-12-8-11-6-7-19(10-15(11)16(9-12)24-2)17(20)13-4-3-5-14(13)18(21)22/h8-9H,3-7,10H2,1-2H3,(H,21,22). The topological polar surface area (TPSA) is 76.1 Å². The average Bonchev–Trinajstić information content (AvgIpc) is 3.09. The van der Waals surface area contributed by atoms with Crippen LogP contribution in [0.5, 0.6) is 11.5 Å². The molecule has 0 radical (unpaired) electrons. The van der Waals surface area contributed by atoms with Gasteiger partial charge in [-0.15, -0.1) is 0 Å². The van der Waals surface area contributed by atoms with E-state index in [0.717, 1.165) is 23.3 Å². The number of carboxylic acid groups (broad SMARTS) is 1. The number of hydrogen-bond donors (Lipinski definition) is 1. The van der Waals surface area contributed by atoms with E-state index in [1.807, 2.05) is 12.1 Å². The molecule has 6 nitrogen and oxygen atoms in total. The van der Waals surface area contributed by atoms with Crippen molar-refractivity contribution in [3.05, 3.63) is 34.4 Å². The van der Waals surface area contributed by atoms with Gasteiger partial charge in [0, 0.05) is 35.9 Å². The van der Waals surface area contributed by atoms with Crippen LogP contribution in [0.4, 0.5) is 0 Å². The van der Waals surface area contributed by atoms with E-state index in [4.69, 9.17) is 9.47 Å². The van der Waals surface area contributed by atoms with Crippen LogP contribution in [0.2, 0.25) is 0 Å². The molecule has 0 unspecified atom stereocenters. The van der Waals surface area contributed by atoms with Crippen molar-refractivity contribution in [1.82, 2.24) is 4.90 Å². The molecule has 3 rings (SSSR count). The summed E-state index contributed by atoms with van der Waals surface area (Å²) in [6.07, 6.45) is 2.45. The normalized spacial score (nSPS) is 16.8. The van der Waals surface area contributed by atoms with Gasteiger partial charge < -0.3 is 19.5 Å². The van der Waals surface area contributed by atoms with Crippen molar-refractivity contribution in [1.29, 1.82) is 0 Å². The van der Waals surface area contributed by atoms with Gasteiger partial charge >= 0.3 is 5.97 Å². The number of rotatable bonds is 4. The molecule has 1 heterocycles. The molecule has 24 heavy (non-hydrogen) atoms. The van der Waals surface area contributed by atoms with Gasteiger partial charge in [-0.3, -0.25) is 4.79 Å². The highest BCUT2D eigenvalue weighted by molar-refractivity contribution is 6.03. The Kier molecular flexibility index (Phi) is 4.46. The summed E-state index contributed by atoms with van der Waals surface area (Å²) < 4.78 is 10.7. The maximum atomic E-state index is 12.8. The first-order chi connectivity index (χ1) is 11.5. The predicted octanol–water partition coefficient (Wildman–Crippen LogP) is 2.15.